The molecule has 4 rings (SSSR count). The summed E-state index contributed by atoms with van der Waals surface area (Å²) in [4.78, 5) is 11.5. The van der Waals surface area contributed by atoms with E-state index >= 15 is 0 Å². The third kappa shape index (κ3) is 7.99. The second kappa shape index (κ2) is 14.3. The number of halogens is 1. The lowest BCUT2D eigenvalue weighted by molar-refractivity contribution is 0.163. The lowest BCUT2D eigenvalue weighted by atomic mass is 9.79. The molecule has 0 bridgehead atoms. The van der Waals surface area contributed by atoms with Crippen LogP contribution in [0.4, 0.5) is 17.5 Å². The molecular weight excluding hydrogens is 586 g/mol. The van der Waals surface area contributed by atoms with Crippen molar-refractivity contribution in [1.29, 1.82) is 5.41 Å². The van der Waals surface area contributed by atoms with E-state index in [0.717, 1.165) is 50.2 Å². The van der Waals surface area contributed by atoms with E-state index in [4.69, 9.17) is 21.7 Å². The quantitative estimate of drug-likeness (QED) is 0.147. The number of nitrogens with one attached hydrogen (secondary N) is 4. The Hall–Kier alpha value is -2.89. The maximum Gasteiger partial charge on any atom is 0.229 e. The average molecular weight is 632 g/mol. The van der Waals surface area contributed by atoms with Gasteiger partial charge in [0, 0.05) is 19.3 Å². The molecule has 1 heterocycles. The largest absolute Gasteiger partial charge is 0.488 e. The fraction of sp³-hybridized carbons (Fsp3) is 0.581. The van der Waals surface area contributed by atoms with Gasteiger partial charge in [-0.3, -0.25) is 5.41 Å². The lowest BCUT2D eigenvalue weighted by Crippen LogP contribution is -2.37. The fourth-order valence-electron chi connectivity index (χ4n) is 5.65. The molecule has 0 amide bonds. The number of sulfone groups is 1. The second-order valence-electron chi connectivity index (χ2n) is 11.7. The monoisotopic (exact) mass is 631 g/mol. The van der Waals surface area contributed by atoms with E-state index in [2.05, 4.69) is 63.7 Å². The Balaban J connectivity index is 1.58. The molecule has 4 N–H and O–H groups in total. The normalized spacial score (nSPS) is 19.4. The number of aromatic nitrogens is 2. The van der Waals surface area contributed by atoms with Crippen molar-refractivity contribution >= 4 is 43.9 Å². The van der Waals surface area contributed by atoms with Crippen LogP contribution in [-0.4, -0.2) is 65.9 Å². The van der Waals surface area contributed by atoms with E-state index in [1.54, 1.807) is 7.05 Å². The summed E-state index contributed by atoms with van der Waals surface area (Å²) >= 11 is 6.40. The molecule has 2 aliphatic carbocycles. The number of ether oxygens (including phenoxy) is 1. The Bertz CT molecular complexity index is 1430. The molecule has 0 spiro atoms. The Morgan fingerprint density at radius 3 is 2.42 bits per heavy atom. The van der Waals surface area contributed by atoms with E-state index in [1.165, 1.54) is 50.2 Å². The van der Waals surface area contributed by atoms with Crippen LogP contribution in [-0.2, 0) is 9.84 Å². The van der Waals surface area contributed by atoms with E-state index in [9.17, 15) is 8.42 Å². The molecule has 0 radical (unpaired) electrons. The van der Waals surface area contributed by atoms with Crippen molar-refractivity contribution < 1.29 is 13.2 Å². The van der Waals surface area contributed by atoms with Gasteiger partial charge in [0.1, 0.15) is 10.8 Å². The molecule has 10 nitrogen and oxygen atoms in total. The molecule has 1 aromatic heterocycles. The topological polar surface area (TPSA) is 132 Å². The summed E-state index contributed by atoms with van der Waals surface area (Å²) in [5, 5.41) is 16.2. The maximum absolute atomic E-state index is 12.7. The molecule has 2 fully saturated rings. The van der Waals surface area contributed by atoms with Crippen LogP contribution >= 0.6 is 11.6 Å². The van der Waals surface area contributed by atoms with Crippen molar-refractivity contribution in [2.75, 3.05) is 30.8 Å². The van der Waals surface area contributed by atoms with Gasteiger partial charge in [-0.1, -0.05) is 25.4 Å². The minimum atomic E-state index is -3.84. The zero-order valence-corrected chi connectivity index (χ0v) is 27.7. The van der Waals surface area contributed by atoms with Gasteiger partial charge in [-0.15, -0.1) is 0 Å². The molecule has 0 atom stereocenters. The summed E-state index contributed by atoms with van der Waals surface area (Å²) in [6.45, 7) is 11.9. The van der Waals surface area contributed by atoms with Gasteiger partial charge < -0.3 is 25.6 Å². The van der Waals surface area contributed by atoms with Gasteiger partial charge in [0.05, 0.1) is 28.9 Å². The first kappa shape index (κ1) is 33.0. The van der Waals surface area contributed by atoms with Crippen molar-refractivity contribution in [3.8, 4) is 5.75 Å². The van der Waals surface area contributed by atoms with E-state index in [0.29, 0.717) is 12.0 Å². The highest BCUT2D eigenvalue weighted by Crippen LogP contribution is 2.42. The van der Waals surface area contributed by atoms with E-state index in [-0.39, 0.29) is 28.6 Å². The summed E-state index contributed by atoms with van der Waals surface area (Å²) in [5.74, 6) is 1.72. The first-order valence-corrected chi connectivity index (χ1v) is 17.2. The smallest absolute Gasteiger partial charge is 0.229 e. The first-order valence-electron chi connectivity index (χ1n) is 15.3. The number of hydrogen-bond acceptors (Lipinski definition) is 10. The van der Waals surface area contributed by atoms with Gasteiger partial charge in [-0.25, -0.2) is 13.4 Å². The zero-order chi connectivity index (χ0) is 31.3. The third-order valence-electron chi connectivity index (χ3n) is 8.33. The highest BCUT2D eigenvalue weighted by atomic mass is 35.5. The van der Waals surface area contributed by atoms with Crippen molar-refractivity contribution in [2.45, 2.75) is 96.5 Å². The van der Waals surface area contributed by atoms with Crippen LogP contribution in [0.25, 0.3) is 0 Å². The van der Waals surface area contributed by atoms with Crippen LogP contribution in [0.15, 0.2) is 30.2 Å². The number of aryl methyl sites for hydroxylation is 1. The van der Waals surface area contributed by atoms with Gasteiger partial charge in [0.15, 0.2) is 20.7 Å². The SMILES string of the molecule is CCN(CC)[C@H]1CC[C@H](c2cc(OC3CC3)c(Nc3ncc(Cl)c(N/C(=C/NC)C(=N)S(=O)(=O)C(C)C)n3)cc2C)CC1. The Labute approximate surface area is 261 Å². The zero-order valence-electron chi connectivity index (χ0n) is 26.1. The molecule has 2 aliphatic rings. The van der Waals surface area contributed by atoms with E-state index in [1.807, 2.05) is 0 Å². The number of rotatable bonds is 13. The van der Waals surface area contributed by atoms with Gasteiger partial charge in [-0.05, 0) is 102 Å². The van der Waals surface area contributed by atoms with Gasteiger partial charge >= 0.3 is 0 Å². The fourth-order valence-corrected chi connectivity index (χ4v) is 6.68. The van der Waals surface area contributed by atoms with Crippen LogP contribution in [0.2, 0.25) is 5.02 Å². The number of hydrogen-bond donors (Lipinski definition) is 4. The molecule has 0 unspecified atom stereocenters. The summed E-state index contributed by atoms with van der Waals surface area (Å²) in [5.41, 5.74) is 3.32. The number of benzene rings is 1. The van der Waals surface area contributed by atoms with Crippen molar-refractivity contribution in [3.63, 3.8) is 0 Å². The van der Waals surface area contributed by atoms with Crippen LogP contribution in [0.1, 0.15) is 83.3 Å². The Morgan fingerprint density at radius 1 is 1.16 bits per heavy atom. The molecule has 2 saturated carbocycles. The summed E-state index contributed by atoms with van der Waals surface area (Å²) < 4.78 is 31.7. The summed E-state index contributed by atoms with van der Waals surface area (Å²) in [7, 11) is -2.22. The van der Waals surface area contributed by atoms with Crippen LogP contribution < -0.4 is 20.7 Å². The molecule has 43 heavy (non-hydrogen) atoms. The van der Waals surface area contributed by atoms with E-state index < -0.39 is 20.1 Å². The Morgan fingerprint density at radius 2 is 1.84 bits per heavy atom. The molecule has 0 saturated heterocycles. The third-order valence-corrected chi connectivity index (χ3v) is 10.6. The number of anilines is 3. The minimum Gasteiger partial charge on any atom is -0.488 e. The van der Waals surface area contributed by atoms with Crippen molar-refractivity contribution in [1.82, 2.24) is 20.2 Å². The predicted molar refractivity (Wildman–Crippen MR) is 176 cm³/mol. The molecule has 236 valence electrons. The van der Waals surface area contributed by atoms with Crippen molar-refractivity contribution in [2.24, 2.45) is 0 Å². The van der Waals surface area contributed by atoms with Gasteiger partial charge in [0.2, 0.25) is 5.95 Å². The van der Waals surface area contributed by atoms with Gasteiger partial charge in [0.25, 0.3) is 0 Å². The first-order chi connectivity index (χ1) is 20.5. The average Bonchev–Trinajstić information content (AvgIpc) is 3.80. The van der Waals surface area contributed by atoms with Crippen molar-refractivity contribution in [3.05, 3.63) is 46.4 Å². The lowest BCUT2D eigenvalue weighted by Gasteiger charge is -2.36. The highest BCUT2D eigenvalue weighted by molar-refractivity contribution is 8.07. The number of nitrogens with zero attached hydrogens (tertiary/aromatic N) is 3. The predicted octanol–water partition coefficient (Wildman–Crippen LogP) is 6.36. The summed E-state index contributed by atoms with van der Waals surface area (Å²) in [6, 6.07) is 4.96. The van der Waals surface area contributed by atoms with Crippen LogP contribution in [0.3, 0.4) is 0 Å². The minimum absolute atomic E-state index is 0.0245. The Kier molecular flexibility index (Phi) is 10.9. The highest BCUT2D eigenvalue weighted by Gasteiger charge is 2.30. The molecule has 2 aromatic rings. The molecule has 12 heteroatoms. The van der Waals surface area contributed by atoms with Gasteiger partial charge in [-0.2, -0.15) is 4.98 Å². The molecular formula is C31H46ClN7O3S. The second-order valence-corrected chi connectivity index (χ2v) is 14.5. The summed E-state index contributed by atoms with van der Waals surface area (Å²) in [6.07, 6.45) is 9.86. The molecule has 1 aromatic carbocycles. The molecule has 0 aliphatic heterocycles. The van der Waals surface area contributed by atoms with Crippen LogP contribution in [0, 0.1) is 12.3 Å². The maximum atomic E-state index is 12.7. The standard InChI is InChI=1S/C31H46ClN7O3S/c1-7-39(8-2)22-11-9-21(10-12-22)24-16-28(42-23-13-14-23)26(15-20(24)5)37-31-35-17-25(32)30(38-31)36-27(18-34-6)29(33)43(40,41)19(3)4/h15-19,21-23,33-34H,7-14H2,1-6H3,(H2,35,36,37,38)/b27-18+,33-29?/t21-,22-. The van der Waals surface area contributed by atoms with Crippen LogP contribution in [0.5, 0.6) is 5.75 Å².